The molecule has 6 heteroatoms. The lowest BCUT2D eigenvalue weighted by molar-refractivity contribution is -0.131. The molecule has 3 N–H and O–H groups in total. The molecule has 1 fully saturated rings. The Hall–Kier alpha value is -0.360. The quantitative estimate of drug-likeness (QED) is 0.611. The summed E-state index contributed by atoms with van der Waals surface area (Å²) in [6.45, 7) is 4.13. The summed E-state index contributed by atoms with van der Waals surface area (Å²) in [5.74, 6) is 0.0173. The Kier molecular flexibility index (Phi) is 6.82. The summed E-state index contributed by atoms with van der Waals surface area (Å²) in [6.07, 6.45) is 0. The van der Waals surface area contributed by atoms with Crippen molar-refractivity contribution >= 4 is 18.3 Å². The van der Waals surface area contributed by atoms with Gasteiger partial charge in [0.25, 0.3) is 0 Å². The molecule has 5 nitrogen and oxygen atoms in total. The van der Waals surface area contributed by atoms with Crippen molar-refractivity contribution in [3.05, 3.63) is 0 Å². The molecule has 1 aliphatic heterocycles. The Morgan fingerprint density at radius 2 is 1.86 bits per heavy atom. The van der Waals surface area contributed by atoms with Crippen molar-refractivity contribution in [3.8, 4) is 0 Å². The molecular weight excluding hydrogens is 206 g/mol. The van der Waals surface area contributed by atoms with Crippen LogP contribution in [0.2, 0.25) is 0 Å². The van der Waals surface area contributed by atoms with Crippen LogP contribution in [-0.4, -0.2) is 66.7 Å². The van der Waals surface area contributed by atoms with Crippen molar-refractivity contribution < 1.29 is 9.90 Å². The zero-order valence-corrected chi connectivity index (χ0v) is 9.00. The van der Waals surface area contributed by atoms with Crippen LogP contribution in [0, 0.1) is 0 Å². The highest BCUT2D eigenvalue weighted by atomic mass is 35.5. The molecule has 0 saturated carbocycles. The first-order valence-corrected chi connectivity index (χ1v) is 4.59. The molecule has 14 heavy (non-hydrogen) atoms. The molecule has 0 bridgehead atoms. The summed E-state index contributed by atoms with van der Waals surface area (Å²) in [6, 6.07) is 0. The molecule has 0 aliphatic carbocycles. The van der Waals surface area contributed by atoms with Crippen LogP contribution in [0.5, 0.6) is 0 Å². The second kappa shape index (κ2) is 7.00. The summed E-state index contributed by atoms with van der Waals surface area (Å²) < 4.78 is 0. The summed E-state index contributed by atoms with van der Waals surface area (Å²) in [4.78, 5) is 15.1. The minimum atomic E-state index is 0. The van der Waals surface area contributed by atoms with Gasteiger partial charge >= 0.3 is 0 Å². The minimum Gasteiger partial charge on any atom is -0.395 e. The van der Waals surface area contributed by atoms with Crippen LogP contribution in [0.3, 0.4) is 0 Å². The Balaban J connectivity index is 0.00000169. The van der Waals surface area contributed by atoms with E-state index in [1.165, 1.54) is 0 Å². The van der Waals surface area contributed by atoms with E-state index < -0.39 is 0 Å². The van der Waals surface area contributed by atoms with Gasteiger partial charge in [-0.25, -0.2) is 0 Å². The average Bonchev–Trinajstić information content (AvgIpc) is 2.18. The molecular formula is C8H18ClN3O2. The number of hydrogen-bond donors (Lipinski definition) is 2. The van der Waals surface area contributed by atoms with Gasteiger partial charge in [-0.2, -0.15) is 0 Å². The van der Waals surface area contributed by atoms with Crippen LogP contribution in [0.25, 0.3) is 0 Å². The number of piperazine rings is 1. The molecule has 0 atom stereocenters. The number of nitrogens with two attached hydrogens (primary N) is 1. The Morgan fingerprint density at radius 1 is 1.29 bits per heavy atom. The maximum absolute atomic E-state index is 11.2. The first kappa shape index (κ1) is 13.6. The highest BCUT2D eigenvalue weighted by molar-refractivity contribution is 5.85. The molecule has 0 aromatic carbocycles. The Bertz CT molecular complexity index is 172. The first-order valence-electron chi connectivity index (χ1n) is 4.59. The molecule has 1 amide bonds. The number of hydrogen-bond acceptors (Lipinski definition) is 4. The molecule has 84 valence electrons. The molecule has 1 heterocycles. The largest absolute Gasteiger partial charge is 0.395 e. The minimum absolute atomic E-state index is 0. The zero-order valence-electron chi connectivity index (χ0n) is 8.19. The predicted molar refractivity (Wildman–Crippen MR) is 56.4 cm³/mol. The fourth-order valence-electron chi connectivity index (χ4n) is 1.49. The Morgan fingerprint density at radius 3 is 2.29 bits per heavy atom. The number of aliphatic hydroxyl groups is 1. The number of amides is 1. The highest BCUT2D eigenvalue weighted by Crippen LogP contribution is 2.00. The third kappa shape index (κ3) is 3.79. The smallest absolute Gasteiger partial charge is 0.236 e. The third-order valence-electron chi connectivity index (χ3n) is 2.32. The van der Waals surface area contributed by atoms with Crippen LogP contribution in [0.1, 0.15) is 0 Å². The van der Waals surface area contributed by atoms with E-state index in [1.54, 1.807) is 4.90 Å². The van der Waals surface area contributed by atoms with Crippen LogP contribution in [0.15, 0.2) is 0 Å². The standard InChI is InChI=1S/C8H17N3O2.ClH/c9-7-8(13)11-3-1-10(2-4-11)5-6-12;/h12H,1-7,9H2;1H. The van der Waals surface area contributed by atoms with E-state index in [2.05, 4.69) is 4.90 Å². The van der Waals surface area contributed by atoms with Crippen molar-refractivity contribution in [1.82, 2.24) is 9.80 Å². The maximum Gasteiger partial charge on any atom is 0.236 e. The van der Waals surface area contributed by atoms with E-state index in [9.17, 15) is 4.79 Å². The number of carbonyl (C=O) groups is 1. The van der Waals surface area contributed by atoms with E-state index in [1.807, 2.05) is 0 Å². The van der Waals surface area contributed by atoms with Crippen molar-refractivity contribution in [2.75, 3.05) is 45.9 Å². The maximum atomic E-state index is 11.2. The van der Waals surface area contributed by atoms with Gasteiger partial charge in [0.15, 0.2) is 0 Å². The van der Waals surface area contributed by atoms with Crippen LogP contribution >= 0.6 is 12.4 Å². The molecule has 0 radical (unpaired) electrons. The van der Waals surface area contributed by atoms with E-state index in [0.717, 1.165) is 26.2 Å². The fourth-order valence-corrected chi connectivity index (χ4v) is 1.49. The topological polar surface area (TPSA) is 69.8 Å². The molecule has 1 aliphatic rings. The zero-order chi connectivity index (χ0) is 9.68. The summed E-state index contributed by atoms with van der Waals surface area (Å²) in [5, 5.41) is 8.70. The molecule has 0 aromatic rings. The van der Waals surface area contributed by atoms with Crippen molar-refractivity contribution in [2.45, 2.75) is 0 Å². The molecule has 0 unspecified atom stereocenters. The van der Waals surface area contributed by atoms with Gasteiger partial charge in [-0.05, 0) is 0 Å². The summed E-state index contributed by atoms with van der Waals surface area (Å²) in [5.41, 5.74) is 5.25. The van der Waals surface area contributed by atoms with Gasteiger partial charge in [0.2, 0.25) is 5.91 Å². The average molecular weight is 224 g/mol. The lowest BCUT2D eigenvalue weighted by Gasteiger charge is -2.34. The van der Waals surface area contributed by atoms with Gasteiger partial charge in [-0.3, -0.25) is 9.69 Å². The predicted octanol–water partition coefficient (Wildman–Crippen LogP) is -1.50. The van der Waals surface area contributed by atoms with E-state index in [-0.39, 0.29) is 31.5 Å². The first-order chi connectivity index (χ1) is 6.27. The lowest BCUT2D eigenvalue weighted by Crippen LogP contribution is -2.50. The number of aliphatic hydroxyl groups excluding tert-OH is 1. The normalized spacial score (nSPS) is 17.7. The van der Waals surface area contributed by atoms with E-state index in [4.69, 9.17) is 10.8 Å². The summed E-state index contributed by atoms with van der Waals surface area (Å²) in [7, 11) is 0. The number of rotatable bonds is 3. The number of carbonyl (C=O) groups excluding carboxylic acids is 1. The molecule has 0 spiro atoms. The van der Waals surface area contributed by atoms with Gasteiger partial charge in [0.05, 0.1) is 13.2 Å². The molecule has 1 rings (SSSR count). The summed E-state index contributed by atoms with van der Waals surface area (Å²) >= 11 is 0. The van der Waals surface area contributed by atoms with Gasteiger partial charge in [0, 0.05) is 32.7 Å². The number of nitrogens with zero attached hydrogens (tertiary/aromatic N) is 2. The van der Waals surface area contributed by atoms with Gasteiger partial charge in [0.1, 0.15) is 0 Å². The second-order valence-corrected chi connectivity index (χ2v) is 3.15. The van der Waals surface area contributed by atoms with Crippen LogP contribution < -0.4 is 5.73 Å². The Labute approximate surface area is 90.3 Å². The lowest BCUT2D eigenvalue weighted by atomic mass is 10.3. The van der Waals surface area contributed by atoms with Crippen molar-refractivity contribution in [1.29, 1.82) is 0 Å². The third-order valence-corrected chi connectivity index (χ3v) is 2.32. The molecule has 1 saturated heterocycles. The van der Waals surface area contributed by atoms with E-state index in [0.29, 0.717) is 6.54 Å². The van der Waals surface area contributed by atoms with Gasteiger partial charge in [-0.1, -0.05) is 0 Å². The second-order valence-electron chi connectivity index (χ2n) is 3.15. The van der Waals surface area contributed by atoms with Crippen LogP contribution in [-0.2, 0) is 4.79 Å². The van der Waals surface area contributed by atoms with Crippen molar-refractivity contribution in [3.63, 3.8) is 0 Å². The fraction of sp³-hybridized carbons (Fsp3) is 0.875. The highest BCUT2D eigenvalue weighted by Gasteiger charge is 2.18. The monoisotopic (exact) mass is 223 g/mol. The van der Waals surface area contributed by atoms with Crippen LogP contribution in [0.4, 0.5) is 0 Å². The van der Waals surface area contributed by atoms with Gasteiger partial charge < -0.3 is 15.7 Å². The number of halogens is 1. The molecule has 0 aromatic heterocycles. The van der Waals surface area contributed by atoms with Crippen molar-refractivity contribution in [2.24, 2.45) is 5.73 Å². The number of β-amino-alcohol motifs (C(OH)–C–C–N with tert-alkyl or cyclic N) is 1. The van der Waals surface area contributed by atoms with E-state index >= 15 is 0 Å². The SMILES string of the molecule is Cl.NCC(=O)N1CCN(CCO)CC1. The van der Waals surface area contributed by atoms with Gasteiger partial charge in [-0.15, -0.1) is 12.4 Å².